The molecular formula is C20H21N3O6S. The second-order valence-electron chi connectivity index (χ2n) is 6.02. The molecular weight excluding hydrogens is 410 g/mol. The van der Waals surface area contributed by atoms with Crippen LogP contribution in [0.1, 0.15) is 35.1 Å². The molecule has 0 saturated heterocycles. The van der Waals surface area contributed by atoms with E-state index in [0.717, 1.165) is 4.88 Å². The molecule has 3 rings (SSSR count). The maximum atomic E-state index is 12.6. The minimum absolute atomic E-state index is 0.146. The Morgan fingerprint density at radius 2 is 1.97 bits per heavy atom. The Balaban J connectivity index is 1.88. The summed E-state index contributed by atoms with van der Waals surface area (Å²) in [4.78, 5) is 42.2. The molecule has 0 aromatic carbocycles. The fourth-order valence-corrected chi connectivity index (χ4v) is 3.65. The summed E-state index contributed by atoms with van der Waals surface area (Å²) in [6, 6.07) is 5.51. The van der Waals surface area contributed by atoms with Crippen molar-refractivity contribution in [3.63, 3.8) is 0 Å². The standard InChI is InChI=1S/C20H21N3O6S/c1-3-27-17-12(7-5-9-21-17)18(24)29-11-13-15(19(25)28-4-2)16(23-20(26)22-13)14-8-6-10-30-14/h5-10,16H,3-4,11H2,1-2H3,(H2,22,23,26). The van der Waals surface area contributed by atoms with Crippen LogP contribution in [0.4, 0.5) is 4.79 Å². The van der Waals surface area contributed by atoms with Crippen molar-refractivity contribution in [1.82, 2.24) is 15.6 Å². The van der Waals surface area contributed by atoms with Crippen LogP contribution in [0.15, 0.2) is 47.1 Å². The molecule has 10 heteroatoms. The Morgan fingerprint density at radius 3 is 2.67 bits per heavy atom. The zero-order valence-electron chi connectivity index (χ0n) is 16.5. The molecule has 2 aromatic heterocycles. The van der Waals surface area contributed by atoms with E-state index in [0.29, 0.717) is 6.61 Å². The number of hydrogen-bond acceptors (Lipinski definition) is 8. The zero-order valence-corrected chi connectivity index (χ0v) is 17.3. The van der Waals surface area contributed by atoms with Gasteiger partial charge in [0.2, 0.25) is 5.88 Å². The van der Waals surface area contributed by atoms with Crippen LogP contribution in [-0.4, -0.2) is 42.8 Å². The minimum atomic E-state index is -0.705. The molecule has 0 spiro atoms. The number of thiophene rings is 1. The third-order valence-corrected chi connectivity index (χ3v) is 5.03. The van der Waals surface area contributed by atoms with E-state index in [9.17, 15) is 14.4 Å². The topological polar surface area (TPSA) is 116 Å². The number of nitrogens with zero attached hydrogens (tertiary/aromatic N) is 1. The van der Waals surface area contributed by atoms with Gasteiger partial charge in [-0.2, -0.15) is 0 Å². The van der Waals surface area contributed by atoms with Gasteiger partial charge in [-0.3, -0.25) is 0 Å². The van der Waals surface area contributed by atoms with E-state index in [-0.39, 0.29) is 35.9 Å². The van der Waals surface area contributed by atoms with Crippen LogP contribution in [0, 0.1) is 0 Å². The van der Waals surface area contributed by atoms with E-state index in [1.54, 1.807) is 26.0 Å². The maximum Gasteiger partial charge on any atom is 0.344 e. The van der Waals surface area contributed by atoms with E-state index in [4.69, 9.17) is 14.2 Å². The molecule has 2 aromatic rings. The summed E-state index contributed by atoms with van der Waals surface area (Å²) in [6.07, 6.45) is 1.50. The lowest BCUT2D eigenvalue weighted by Crippen LogP contribution is -2.46. The molecule has 9 nitrogen and oxygen atoms in total. The molecule has 1 unspecified atom stereocenters. The van der Waals surface area contributed by atoms with Crippen LogP contribution >= 0.6 is 11.3 Å². The van der Waals surface area contributed by atoms with Crippen molar-refractivity contribution in [2.45, 2.75) is 19.9 Å². The number of esters is 2. The first-order valence-electron chi connectivity index (χ1n) is 9.31. The lowest BCUT2D eigenvalue weighted by Gasteiger charge is -2.28. The van der Waals surface area contributed by atoms with E-state index >= 15 is 0 Å². The molecule has 2 N–H and O–H groups in total. The third-order valence-electron chi connectivity index (χ3n) is 4.10. The highest BCUT2D eigenvalue weighted by atomic mass is 32.1. The maximum absolute atomic E-state index is 12.6. The largest absolute Gasteiger partial charge is 0.477 e. The second kappa shape index (κ2) is 9.88. The molecule has 0 radical (unpaired) electrons. The Hall–Kier alpha value is -3.40. The predicted molar refractivity (Wildman–Crippen MR) is 108 cm³/mol. The second-order valence-corrected chi connectivity index (χ2v) is 7.00. The minimum Gasteiger partial charge on any atom is -0.477 e. The van der Waals surface area contributed by atoms with Gasteiger partial charge in [-0.25, -0.2) is 19.4 Å². The Bertz CT molecular complexity index is 957. The number of aromatic nitrogens is 1. The normalized spacial score (nSPS) is 15.8. The monoisotopic (exact) mass is 431 g/mol. The van der Waals surface area contributed by atoms with Crippen molar-refractivity contribution in [2.75, 3.05) is 19.8 Å². The van der Waals surface area contributed by atoms with Crippen molar-refractivity contribution >= 4 is 29.3 Å². The number of nitrogens with one attached hydrogen (secondary N) is 2. The Labute approximate surface area is 177 Å². The highest BCUT2D eigenvalue weighted by Crippen LogP contribution is 2.31. The summed E-state index contributed by atoms with van der Waals surface area (Å²) in [6.45, 7) is 3.62. The van der Waals surface area contributed by atoms with Crippen LogP contribution in [0.2, 0.25) is 0 Å². The lowest BCUT2D eigenvalue weighted by molar-refractivity contribution is -0.139. The molecule has 0 aliphatic carbocycles. The van der Waals surface area contributed by atoms with Gasteiger partial charge in [0.05, 0.1) is 30.5 Å². The molecule has 158 valence electrons. The van der Waals surface area contributed by atoms with Crippen LogP contribution < -0.4 is 15.4 Å². The number of carbonyl (C=O) groups is 3. The SMILES string of the molecule is CCOC(=O)C1=C(COC(=O)c2cccnc2OCC)NC(=O)NC1c1cccs1. The van der Waals surface area contributed by atoms with Crippen LogP contribution in [0.25, 0.3) is 0 Å². The summed E-state index contributed by atoms with van der Waals surface area (Å²) >= 11 is 1.38. The summed E-state index contributed by atoms with van der Waals surface area (Å²) in [5.41, 5.74) is 0.487. The average Bonchev–Trinajstić information content (AvgIpc) is 3.27. The number of urea groups is 1. The van der Waals surface area contributed by atoms with E-state index < -0.39 is 24.0 Å². The van der Waals surface area contributed by atoms with Crippen molar-refractivity contribution in [2.24, 2.45) is 0 Å². The first-order valence-corrected chi connectivity index (χ1v) is 10.2. The van der Waals surface area contributed by atoms with Gasteiger partial charge in [-0.1, -0.05) is 6.07 Å². The molecule has 1 aliphatic heterocycles. The fraction of sp³-hybridized carbons (Fsp3) is 0.300. The smallest absolute Gasteiger partial charge is 0.344 e. The number of amides is 2. The predicted octanol–water partition coefficient (Wildman–Crippen LogP) is 2.57. The molecule has 30 heavy (non-hydrogen) atoms. The number of carbonyl (C=O) groups excluding carboxylic acids is 3. The first-order chi connectivity index (χ1) is 14.5. The molecule has 3 heterocycles. The summed E-state index contributed by atoms with van der Waals surface area (Å²) in [5, 5.41) is 7.11. The van der Waals surface area contributed by atoms with Crippen LogP contribution in [0.5, 0.6) is 5.88 Å². The van der Waals surface area contributed by atoms with Gasteiger partial charge in [0.25, 0.3) is 0 Å². The van der Waals surface area contributed by atoms with Crippen molar-refractivity contribution in [3.8, 4) is 5.88 Å². The van der Waals surface area contributed by atoms with Crippen molar-refractivity contribution in [3.05, 3.63) is 57.6 Å². The fourth-order valence-electron chi connectivity index (χ4n) is 2.86. The highest BCUT2D eigenvalue weighted by Gasteiger charge is 2.34. The Kier molecular flexibility index (Phi) is 7.02. The summed E-state index contributed by atoms with van der Waals surface area (Å²) in [7, 11) is 0. The molecule has 0 bridgehead atoms. The quantitative estimate of drug-likeness (QED) is 0.617. The summed E-state index contributed by atoms with van der Waals surface area (Å²) in [5.74, 6) is -1.15. The van der Waals surface area contributed by atoms with E-state index in [2.05, 4.69) is 15.6 Å². The van der Waals surface area contributed by atoms with Crippen LogP contribution in [-0.2, 0) is 14.3 Å². The van der Waals surface area contributed by atoms with Gasteiger partial charge < -0.3 is 24.8 Å². The van der Waals surface area contributed by atoms with Gasteiger partial charge in [0.1, 0.15) is 12.2 Å². The van der Waals surface area contributed by atoms with Gasteiger partial charge in [-0.15, -0.1) is 11.3 Å². The third kappa shape index (κ3) is 4.77. The molecule has 1 atom stereocenters. The number of hydrogen-bond donors (Lipinski definition) is 2. The summed E-state index contributed by atoms with van der Waals surface area (Å²) < 4.78 is 15.9. The highest BCUT2D eigenvalue weighted by molar-refractivity contribution is 7.10. The number of rotatable bonds is 8. The van der Waals surface area contributed by atoms with Crippen molar-refractivity contribution < 1.29 is 28.6 Å². The lowest BCUT2D eigenvalue weighted by atomic mass is 10.0. The molecule has 2 amide bonds. The average molecular weight is 431 g/mol. The van der Waals surface area contributed by atoms with Crippen molar-refractivity contribution in [1.29, 1.82) is 0 Å². The molecule has 0 saturated carbocycles. The first kappa shape index (κ1) is 21.3. The Morgan fingerprint density at radius 1 is 1.13 bits per heavy atom. The van der Waals surface area contributed by atoms with E-state index in [1.165, 1.54) is 23.6 Å². The molecule has 0 fully saturated rings. The van der Waals surface area contributed by atoms with Gasteiger partial charge in [0.15, 0.2) is 0 Å². The number of ether oxygens (including phenoxy) is 3. The van der Waals surface area contributed by atoms with Gasteiger partial charge in [-0.05, 0) is 37.4 Å². The van der Waals surface area contributed by atoms with Crippen LogP contribution in [0.3, 0.4) is 0 Å². The van der Waals surface area contributed by atoms with Gasteiger partial charge >= 0.3 is 18.0 Å². The van der Waals surface area contributed by atoms with E-state index in [1.807, 2.05) is 11.4 Å². The zero-order chi connectivity index (χ0) is 21.5. The van der Waals surface area contributed by atoms with Gasteiger partial charge in [0, 0.05) is 11.1 Å². The molecule has 1 aliphatic rings. The number of pyridine rings is 1.